The SMILES string of the molecule is CC(C)[C@H]1Oc2ccc(cc2)/C=C\NC(=O)[C@H](Cc2ccccc2)NC(=O)[C@H]1[N+]1(C(=O)[C@H](Cc2ccccc2)N(C)C)CCC[C@H]1C(N)=O. The van der Waals surface area contributed by atoms with Gasteiger partial charge in [0.2, 0.25) is 11.9 Å². The van der Waals surface area contributed by atoms with Crippen LogP contribution >= 0.6 is 0 Å². The Morgan fingerprint density at radius 2 is 1.55 bits per heavy atom. The van der Waals surface area contributed by atoms with Gasteiger partial charge in [0.1, 0.15) is 17.8 Å². The highest BCUT2D eigenvalue weighted by Crippen LogP contribution is 2.38. The largest absolute Gasteiger partial charge is 0.483 e. The number of nitrogens with two attached hydrogens (primary N) is 1. The molecule has 0 spiro atoms. The third-order valence-electron chi connectivity index (χ3n) is 9.78. The van der Waals surface area contributed by atoms with Gasteiger partial charge in [0.05, 0.1) is 6.54 Å². The Morgan fingerprint density at radius 3 is 2.14 bits per heavy atom. The Morgan fingerprint density at radius 1 is 0.918 bits per heavy atom. The summed E-state index contributed by atoms with van der Waals surface area (Å²) in [6, 6.07) is 22.6. The lowest BCUT2D eigenvalue weighted by atomic mass is 9.90. The predicted molar refractivity (Wildman–Crippen MR) is 189 cm³/mol. The summed E-state index contributed by atoms with van der Waals surface area (Å²) in [5, 5.41) is 5.86. The third kappa shape index (κ3) is 7.92. The third-order valence-corrected chi connectivity index (χ3v) is 9.78. The molecule has 6 rings (SSSR count). The Hall–Kier alpha value is -4.80. The number of likely N-dealkylation sites (N-methyl/N-ethyl adjacent to an activating group) is 1. The second-order valence-electron chi connectivity index (χ2n) is 13.7. The highest BCUT2D eigenvalue weighted by Gasteiger charge is 2.63. The number of nitrogens with zero attached hydrogens (tertiary/aromatic N) is 2. The molecule has 10 nitrogen and oxygen atoms in total. The molecule has 49 heavy (non-hydrogen) atoms. The molecule has 10 heteroatoms. The minimum absolute atomic E-state index is 0.210. The predicted octanol–water partition coefficient (Wildman–Crippen LogP) is 3.45. The van der Waals surface area contributed by atoms with Gasteiger partial charge in [-0.15, -0.1) is 0 Å². The molecule has 0 saturated carbocycles. The smallest absolute Gasteiger partial charge is 0.332 e. The summed E-state index contributed by atoms with van der Waals surface area (Å²) in [7, 11) is 3.66. The van der Waals surface area contributed by atoms with Crippen molar-refractivity contribution >= 4 is 29.7 Å². The number of amides is 4. The number of carbonyl (C=O) groups is 4. The molecule has 0 radical (unpaired) electrons. The van der Waals surface area contributed by atoms with Crippen LogP contribution in [0, 0.1) is 5.92 Å². The maximum atomic E-state index is 15.4. The van der Waals surface area contributed by atoms with Crippen LogP contribution in [0.1, 0.15) is 43.4 Å². The lowest BCUT2D eigenvalue weighted by molar-refractivity contribution is -0.878. The summed E-state index contributed by atoms with van der Waals surface area (Å²) >= 11 is 0. The number of hydrogen-bond acceptors (Lipinski definition) is 6. The first kappa shape index (κ1) is 35.5. The van der Waals surface area contributed by atoms with Crippen LogP contribution < -0.4 is 21.1 Å². The average molecular weight is 667 g/mol. The quantitative estimate of drug-likeness (QED) is 0.300. The summed E-state index contributed by atoms with van der Waals surface area (Å²) in [4.78, 5) is 59.5. The molecule has 6 atom stereocenters. The average Bonchev–Trinajstić information content (AvgIpc) is 3.53. The van der Waals surface area contributed by atoms with E-state index in [1.807, 2.05) is 106 Å². The van der Waals surface area contributed by atoms with E-state index >= 15 is 9.59 Å². The van der Waals surface area contributed by atoms with Crippen molar-refractivity contribution < 1.29 is 28.4 Å². The number of benzene rings is 3. The van der Waals surface area contributed by atoms with E-state index < -0.39 is 52.5 Å². The van der Waals surface area contributed by atoms with Crippen molar-refractivity contribution in [3.8, 4) is 5.75 Å². The van der Waals surface area contributed by atoms with Crippen molar-refractivity contribution in [2.24, 2.45) is 11.7 Å². The van der Waals surface area contributed by atoms with E-state index in [0.29, 0.717) is 25.0 Å². The van der Waals surface area contributed by atoms with E-state index in [1.54, 1.807) is 24.4 Å². The normalized spacial score (nSPS) is 25.6. The maximum absolute atomic E-state index is 15.4. The molecule has 4 N–H and O–H groups in total. The van der Waals surface area contributed by atoms with Crippen molar-refractivity contribution in [3.63, 3.8) is 0 Å². The van der Waals surface area contributed by atoms with Gasteiger partial charge in [-0.05, 0) is 54.9 Å². The van der Waals surface area contributed by atoms with Gasteiger partial charge < -0.3 is 21.1 Å². The highest BCUT2D eigenvalue weighted by atomic mass is 16.5. The molecule has 258 valence electrons. The second kappa shape index (κ2) is 15.6. The maximum Gasteiger partial charge on any atom is 0.332 e. The van der Waals surface area contributed by atoms with Crippen LogP contribution in [0.2, 0.25) is 0 Å². The number of rotatable bonds is 9. The van der Waals surface area contributed by atoms with Crippen molar-refractivity contribution in [2.75, 3.05) is 20.6 Å². The van der Waals surface area contributed by atoms with E-state index in [1.165, 1.54) is 0 Å². The van der Waals surface area contributed by atoms with Crippen LogP contribution in [-0.2, 0) is 32.0 Å². The van der Waals surface area contributed by atoms with Crippen molar-refractivity contribution in [3.05, 3.63) is 108 Å². The summed E-state index contributed by atoms with van der Waals surface area (Å²) < 4.78 is 6.19. The zero-order valence-electron chi connectivity index (χ0n) is 28.8. The highest BCUT2D eigenvalue weighted by molar-refractivity contribution is 5.93. The molecule has 0 aliphatic carbocycles. The van der Waals surface area contributed by atoms with Gasteiger partial charge in [-0.25, -0.2) is 9.28 Å². The fourth-order valence-electron chi connectivity index (χ4n) is 7.28. The Bertz CT molecular complexity index is 1640. The van der Waals surface area contributed by atoms with Gasteiger partial charge in [-0.3, -0.25) is 19.3 Å². The van der Waals surface area contributed by atoms with Crippen LogP contribution in [0.5, 0.6) is 5.75 Å². The minimum Gasteiger partial charge on any atom is -0.483 e. The molecular formula is C39H48N5O5+. The van der Waals surface area contributed by atoms with E-state index in [4.69, 9.17) is 10.5 Å². The zero-order valence-corrected chi connectivity index (χ0v) is 28.8. The molecule has 4 amide bonds. The molecule has 0 aromatic heterocycles. The molecule has 3 aromatic rings. The standard InChI is InChI=1S/C39H47N5O5/c1-26(2)35-34(44(23-11-16-33(44)36(40)45)39(48)32(43(3)4)25-29-14-9-6-10-15-29)38(47)42-31(24-28-12-7-5-8-13-28)37(46)41-22-21-27-17-19-30(49-35)20-18-27/h5-10,12-15,17-22,26,31-35H,11,16,23-25H2,1-4H3,(H3-,40,41,42,45,46,47)/p+1/b22-21-/t31-,32-,33-,34-,35+,44?/m0/s1. The molecule has 3 aromatic carbocycles. The Kier molecular flexibility index (Phi) is 11.3. The van der Waals surface area contributed by atoms with Gasteiger partial charge in [0, 0.05) is 31.9 Å². The first-order chi connectivity index (χ1) is 23.5. The lowest BCUT2D eigenvalue weighted by Gasteiger charge is -2.47. The molecule has 3 aliphatic heterocycles. The number of carbonyl (C=O) groups excluding carboxylic acids is 4. The number of hydrogen-bond donors (Lipinski definition) is 3. The Labute approximate surface area is 288 Å². The van der Waals surface area contributed by atoms with Crippen LogP contribution in [0.4, 0.5) is 0 Å². The van der Waals surface area contributed by atoms with Gasteiger partial charge >= 0.3 is 5.91 Å². The molecular weight excluding hydrogens is 618 g/mol. The number of primary amides is 1. The van der Waals surface area contributed by atoms with Crippen molar-refractivity contribution in [1.29, 1.82) is 0 Å². The first-order valence-electron chi connectivity index (χ1n) is 17.0. The zero-order chi connectivity index (χ0) is 35.1. The molecule has 2 bridgehead atoms. The topological polar surface area (TPSA) is 131 Å². The summed E-state index contributed by atoms with van der Waals surface area (Å²) in [6.45, 7) is 4.08. The van der Waals surface area contributed by atoms with Gasteiger partial charge in [-0.1, -0.05) is 86.6 Å². The summed E-state index contributed by atoms with van der Waals surface area (Å²) in [5.74, 6) is -1.66. The van der Waals surface area contributed by atoms with E-state index in [0.717, 1.165) is 16.7 Å². The van der Waals surface area contributed by atoms with Crippen LogP contribution in [0.3, 0.4) is 0 Å². The number of likely N-dealkylation sites (tertiary alicyclic amines) is 1. The van der Waals surface area contributed by atoms with Crippen molar-refractivity contribution in [2.45, 2.75) is 69.8 Å². The summed E-state index contributed by atoms with van der Waals surface area (Å²) in [5.41, 5.74) is 8.78. The van der Waals surface area contributed by atoms with Gasteiger partial charge in [0.15, 0.2) is 12.1 Å². The summed E-state index contributed by atoms with van der Waals surface area (Å²) in [6.07, 6.45) is 3.88. The number of quaternary nitrogens is 1. The van der Waals surface area contributed by atoms with Crippen LogP contribution in [0.25, 0.3) is 6.08 Å². The molecule has 3 aliphatic rings. The monoisotopic (exact) mass is 666 g/mol. The molecule has 1 unspecified atom stereocenters. The molecule has 1 fully saturated rings. The first-order valence-corrected chi connectivity index (χ1v) is 17.0. The van der Waals surface area contributed by atoms with E-state index in [-0.39, 0.29) is 24.8 Å². The lowest BCUT2D eigenvalue weighted by Crippen LogP contribution is -2.76. The fourth-order valence-corrected chi connectivity index (χ4v) is 7.28. The van der Waals surface area contributed by atoms with Crippen LogP contribution in [-0.4, -0.2) is 83.9 Å². The van der Waals surface area contributed by atoms with Gasteiger partial charge in [-0.2, -0.15) is 0 Å². The van der Waals surface area contributed by atoms with Crippen LogP contribution in [0.15, 0.2) is 91.1 Å². The van der Waals surface area contributed by atoms with E-state index in [2.05, 4.69) is 10.6 Å². The number of ether oxygens (including phenoxy) is 1. The van der Waals surface area contributed by atoms with Crippen molar-refractivity contribution in [1.82, 2.24) is 15.5 Å². The Balaban J connectivity index is 1.69. The van der Waals surface area contributed by atoms with E-state index in [9.17, 15) is 9.59 Å². The number of fused-ring (bicyclic) bond motifs is 10. The second-order valence-corrected chi connectivity index (χ2v) is 13.7. The number of nitrogens with one attached hydrogen (secondary N) is 2. The fraction of sp³-hybridized carbons (Fsp3) is 0.385. The minimum atomic E-state index is -1.21. The molecule has 1 saturated heterocycles. The molecule has 3 heterocycles. The van der Waals surface area contributed by atoms with Gasteiger partial charge in [0.25, 0.3) is 11.8 Å².